The molecule has 5 nitrogen and oxygen atoms in total. The van der Waals surface area contributed by atoms with Crippen LogP contribution in [-0.2, 0) is 16.4 Å². The highest BCUT2D eigenvalue weighted by Gasteiger charge is 2.18. The summed E-state index contributed by atoms with van der Waals surface area (Å²) in [4.78, 5) is 2.31. The van der Waals surface area contributed by atoms with Crippen molar-refractivity contribution < 1.29 is 8.42 Å². The van der Waals surface area contributed by atoms with E-state index < -0.39 is 10.0 Å². The highest BCUT2D eigenvalue weighted by Crippen LogP contribution is 2.25. The summed E-state index contributed by atoms with van der Waals surface area (Å²) in [7, 11) is 0.426. The molecule has 0 spiro atoms. The molecule has 1 aliphatic heterocycles. The molecule has 0 aliphatic carbocycles. The van der Waals surface area contributed by atoms with Crippen molar-refractivity contribution in [1.82, 2.24) is 9.62 Å². The molecular weight excluding hydrogens is 274 g/mol. The zero-order valence-electron chi connectivity index (χ0n) is 12.3. The number of nitrogens with one attached hydrogen (secondary N) is 2. The largest absolute Gasteiger partial charge is 0.385 e. The average molecular weight is 297 g/mol. The lowest BCUT2D eigenvalue weighted by molar-refractivity contribution is 0.314. The first-order valence-corrected chi connectivity index (χ1v) is 8.41. The van der Waals surface area contributed by atoms with Crippen LogP contribution in [0.2, 0.25) is 0 Å². The molecule has 20 heavy (non-hydrogen) atoms. The minimum absolute atomic E-state index is 0.153. The van der Waals surface area contributed by atoms with Gasteiger partial charge in [-0.3, -0.25) is 0 Å². The fraction of sp³-hybridized carbons (Fsp3) is 0.571. The van der Waals surface area contributed by atoms with E-state index in [1.165, 1.54) is 5.56 Å². The van der Waals surface area contributed by atoms with Gasteiger partial charge in [-0.25, -0.2) is 13.1 Å². The van der Waals surface area contributed by atoms with Gasteiger partial charge in [-0.2, -0.15) is 0 Å². The topological polar surface area (TPSA) is 61.4 Å². The second kappa shape index (κ2) is 6.11. The monoisotopic (exact) mass is 297 g/mol. The average Bonchev–Trinajstić information content (AvgIpc) is 2.44. The molecule has 0 amide bonds. The zero-order valence-corrected chi connectivity index (χ0v) is 13.1. The number of sulfonamides is 1. The number of hydrogen-bond donors (Lipinski definition) is 2. The van der Waals surface area contributed by atoms with E-state index in [1.807, 2.05) is 32.0 Å². The van der Waals surface area contributed by atoms with E-state index in [1.54, 1.807) is 12.1 Å². The summed E-state index contributed by atoms with van der Waals surface area (Å²) in [6.45, 7) is 3.29. The summed E-state index contributed by atoms with van der Waals surface area (Å²) in [5, 5.41) is 3.26. The van der Waals surface area contributed by atoms with Crippen molar-refractivity contribution in [2.75, 3.05) is 32.5 Å². The minimum atomic E-state index is -3.44. The van der Waals surface area contributed by atoms with E-state index in [0.717, 1.165) is 25.1 Å². The molecule has 0 radical (unpaired) electrons. The molecule has 2 rings (SSSR count). The molecule has 1 atom stereocenters. The lowest BCUT2D eigenvalue weighted by Crippen LogP contribution is -2.38. The van der Waals surface area contributed by atoms with Crippen molar-refractivity contribution >= 4 is 15.7 Å². The van der Waals surface area contributed by atoms with Gasteiger partial charge in [0.1, 0.15) is 0 Å². The van der Waals surface area contributed by atoms with Crippen LogP contribution in [0.4, 0.5) is 5.69 Å². The van der Waals surface area contributed by atoms with Gasteiger partial charge in [-0.05, 0) is 51.6 Å². The highest BCUT2D eigenvalue weighted by molar-refractivity contribution is 7.89. The summed E-state index contributed by atoms with van der Waals surface area (Å²) in [5.74, 6) is 0. The van der Waals surface area contributed by atoms with Gasteiger partial charge in [0.05, 0.1) is 4.90 Å². The van der Waals surface area contributed by atoms with Gasteiger partial charge in [-0.1, -0.05) is 6.07 Å². The van der Waals surface area contributed by atoms with Crippen LogP contribution in [0, 0.1) is 0 Å². The maximum Gasteiger partial charge on any atom is 0.240 e. The Morgan fingerprint density at radius 1 is 1.40 bits per heavy atom. The van der Waals surface area contributed by atoms with E-state index in [9.17, 15) is 8.42 Å². The number of aryl methyl sites for hydroxylation is 1. The number of likely N-dealkylation sites (N-methyl/N-ethyl adjacent to an activating group) is 1. The van der Waals surface area contributed by atoms with Crippen molar-refractivity contribution in [3.8, 4) is 0 Å². The van der Waals surface area contributed by atoms with Crippen molar-refractivity contribution in [3.05, 3.63) is 23.8 Å². The van der Waals surface area contributed by atoms with Crippen LogP contribution in [0.5, 0.6) is 0 Å². The highest BCUT2D eigenvalue weighted by atomic mass is 32.2. The van der Waals surface area contributed by atoms with Crippen LogP contribution in [0.15, 0.2) is 23.1 Å². The fourth-order valence-corrected chi connectivity index (χ4v) is 3.25. The van der Waals surface area contributed by atoms with E-state index >= 15 is 0 Å². The van der Waals surface area contributed by atoms with Crippen LogP contribution >= 0.6 is 0 Å². The first kappa shape index (κ1) is 15.3. The summed E-state index contributed by atoms with van der Waals surface area (Å²) in [6, 6.07) is 5.48. The molecule has 1 aromatic carbocycles. The lowest BCUT2D eigenvalue weighted by atomic mass is 10.0. The molecular formula is C14H23N3O2S. The lowest BCUT2D eigenvalue weighted by Gasteiger charge is -2.21. The molecule has 1 aliphatic rings. The smallest absolute Gasteiger partial charge is 0.240 e. The number of fused-ring (bicyclic) bond motifs is 1. The van der Waals surface area contributed by atoms with Gasteiger partial charge in [-0.15, -0.1) is 0 Å². The summed E-state index contributed by atoms with van der Waals surface area (Å²) in [5.41, 5.74) is 2.14. The predicted molar refractivity (Wildman–Crippen MR) is 81.6 cm³/mol. The SMILES string of the molecule is CC(CNS(=O)(=O)c1ccc2c(c1)NCCC2)N(C)C. The predicted octanol–water partition coefficient (Wildman–Crippen LogP) is 1.27. The minimum Gasteiger partial charge on any atom is -0.385 e. The van der Waals surface area contributed by atoms with E-state index in [-0.39, 0.29) is 6.04 Å². The third-order valence-corrected chi connectivity index (χ3v) is 5.20. The first-order valence-electron chi connectivity index (χ1n) is 6.93. The molecule has 0 bridgehead atoms. The Hall–Kier alpha value is -1.11. The van der Waals surface area contributed by atoms with Crippen LogP contribution in [0.1, 0.15) is 18.9 Å². The molecule has 1 unspecified atom stereocenters. The van der Waals surface area contributed by atoms with Crippen LogP contribution in [0.25, 0.3) is 0 Å². The van der Waals surface area contributed by atoms with E-state index in [4.69, 9.17) is 0 Å². The fourth-order valence-electron chi connectivity index (χ4n) is 2.10. The van der Waals surface area contributed by atoms with Gasteiger partial charge in [0.25, 0.3) is 0 Å². The van der Waals surface area contributed by atoms with Crippen molar-refractivity contribution in [3.63, 3.8) is 0 Å². The number of rotatable bonds is 5. The van der Waals surface area contributed by atoms with Crippen molar-refractivity contribution in [2.45, 2.75) is 30.7 Å². The molecule has 0 fully saturated rings. The second-order valence-corrected chi connectivity index (χ2v) is 7.28. The number of anilines is 1. The molecule has 6 heteroatoms. The first-order chi connectivity index (χ1) is 9.40. The molecule has 0 saturated carbocycles. The van der Waals surface area contributed by atoms with Crippen molar-refractivity contribution in [2.24, 2.45) is 0 Å². The normalized spacial score (nSPS) is 16.6. The molecule has 1 aromatic rings. The third-order valence-electron chi connectivity index (χ3n) is 3.78. The van der Waals surface area contributed by atoms with Gasteiger partial charge in [0.15, 0.2) is 0 Å². The van der Waals surface area contributed by atoms with Gasteiger partial charge >= 0.3 is 0 Å². The number of hydrogen-bond acceptors (Lipinski definition) is 4. The zero-order chi connectivity index (χ0) is 14.8. The Balaban J connectivity index is 2.13. The maximum absolute atomic E-state index is 12.3. The molecule has 112 valence electrons. The Labute approximate surface area is 121 Å². The standard InChI is InChI=1S/C14H23N3O2S/c1-11(17(2)3)10-16-20(18,19)13-7-6-12-5-4-8-15-14(12)9-13/h6-7,9,11,15-16H,4-5,8,10H2,1-3H3. The Morgan fingerprint density at radius 2 is 2.15 bits per heavy atom. The summed E-state index contributed by atoms with van der Waals surface area (Å²) >= 11 is 0. The second-order valence-electron chi connectivity index (χ2n) is 5.51. The quantitative estimate of drug-likeness (QED) is 0.859. The van der Waals surface area contributed by atoms with Gasteiger partial charge in [0, 0.05) is 24.8 Å². The Morgan fingerprint density at radius 3 is 2.85 bits per heavy atom. The van der Waals surface area contributed by atoms with Crippen LogP contribution in [-0.4, -0.2) is 46.5 Å². The summed E-state index contributed by atoms with van der Waals surface area (Å²) < 4.78 is 27.2. The Bertz CT molecular complexity index is 570. The molecule has 1 heterocycles. The number of nitrogens with zero attached hydrogens (tertiary/aromatic N) is 1. The number of benzene rings is 1. The summed E-state index contributed by atoms with van der Waals surface area (Å²) in [6.07, 6.45) is 2.10. The van der Waals surface area contributed by atoms with Gasteiger partial charge < -0.3 is 10.2 Å². The third kappa shape index (κ3) is 3.50. The molecule has 0 aromatic heterocycles. The van der Waals surface area contributed by atoms with E-state index in [2.05, 4.69) is 10.0 Å². The van der Waals surface area contributed by atoms with Crippen LogP contribution in [0.3, 0.4) is 0 Å². The van der Waals surface area contributed by atoms with E-state index in [0.29, 0.717) is 11.4 Å². The molecule has 0 saturated heterocycles. The van der Waals surface area contributed by atoms with Gasteiger partial charge in [0.2, 0.25) is 10.0 Å². The maximum atomic E-state index is 12.3. The Kier molecular flexibility index (Phi) is 4.67. The van der Waals surface area contributed by atoms with Crippen LogP contribution < -0.4 is 10.0 Å². The molecule has 2 N–H and O–H groups in total. The van der Waals surface area contributed by atoms with Crippen molar-refractivity contribution in [1.29, 1.82) is 0 Å².